The van der Waals surface area contributed by atoms with Crippen molar-refractivity contribution in [3.05, 3.63) is 64.7 Å². The van der Waals surface area contributed by atoms with E-state index in [0.717, 1.165) is 32.7 Å². The molecule has 0 aliphatic carbocycles. The summed E-state index contributed by atoms with van der Waals surface area (Å²) in [6, 6.07) is 9.06. The Morgan fingerprint density at radius 1 is 1.07 bits per heavy atom. The highest BCUT2D eigenvalue weighted by Gasteiger charge is 2.33. The van der Waals surface area contributed by atoms with Crippen LogP contribution in [0.15, 0.2) is 42.2 Å². The van der Waals surface area contributed by atoms with Crippen molar-refractivity contribution in [2.24, 2.45) is 0 Å². The molecule has 2 heterocycles. The van der Waals surface area contributed by atoms with E-state index in [0.29, 0.717) is 29.0 Å². The number of phenolic OH excluding ortho intramolecular Hbond substituents is 1. The average Bonchev–Trinajstić information content (AvgIpc) is 3.02. The van der Waals surface area contributed by atoms with Crippen LogP contribution in [0.25, 0.3) is 6.08 Å². The molecule has 28 heavy (non-hydrogen) atoms. The van der Waals surface area contributed by atoms with E-state index in [2.05, 4.69) is 6.92 Å². The van der Waals surface area contributed by atoms with E-state index >= 15 is 0 Å². The van der Waals surface area contributed by atoms with E-state index in [9.17, 15) is 14.3 Å². The monoisotopic (exact) mass is 384 g/mol. The van der Waals surface area contributed by atoms with Gasteiger partial charge in [-0.1, -0.05) is 12.1 Å². The summed E-state index contributed by atoms with van der Waals surface area (Å²) in [5, 5.41) is 10.4. The number of quaternary nitrogens is 2. The highest BCUT2D eigenvalue weighted by atomic mass is 19.1. The summed E-state index contributed by atoms with van der Waals surface area (Å²) < 4.78 is 19.0. The number of benzene rings is 2. The molecule has 2 aliphatic rings. The molecule has 4 rings (SSSR count). The third kappa shape index (κ3) is 3.66. The molecule has 0 amide bonds. The molecule has 2 aromatic rings. The number of aromatic hydroxyl groups is 1. The second-order valence-corrected chi connectivity index (χ2v) is 7.46. The number of allylic oxidation sites excluding steroid dienone is 1. The van der Waals surface area contributed by atoms with Gasteiger partial charge in [-0.15, -0.1) is 0 Å². The molecule has 1 saturated heterocycles. The molecule has 1 fully saturated rings. The van der Waals surface area contributed by atoms with Crippen molar-refractivity contribution in [2.45, 2.75) is 13.5 Å². The van der Waals surface area contributed by atoms with Gasteiger partial charge < -0.3 is 19.6 Å². The first-order valence-electron chi connectivity index (χ1n) is 9.77. The average molecular weight is 384 g/mol. The molecule has 0 aromatic heterocycles. The quantitative estimate of drug-likeness (QED) is 0.671. The zero-order valence-electron chi connectivity index (χ0n) is 15.9. The van der Waals surface area contributed by atoms with Crippen LogP contribution in [0.2, 0.25) is 0 Å². The Hall–Kier alpha value is -2.70. The summed E-state index contributed by atoms with van der Waals surface area (Å²) in [7, 11) is 0. The highest BCUT2D eigenvalue weighted by molar-refractivity contribution is 6.14. The van der Waals surface area contributed by atoms with Crippen molar-refractivity contribution in [1.82, 2.24) is 0 Å². The van der Waals surface area contributed by atoms with Gasteiger partial charge in [0, 0.05) is 0 Å². The van der Waals surface area contributed by atoms with Crippen LogP contribution < -0.4 is 14.5 Å². The lowest BCUT2D eigenvalue weighted by molar-refractivity contribution is -1.02. The minimum Gasteiger partial charge on any atom is -0.507 e. The molecular formula is C22H25FN2O3+2. The number of hydrogen-bond donors (Lipinski definition) is 3. The molecule has 5 nitrogen and oxygen atoms in total. The van der Waals surface area contributed by atoms with Crippen molar-refractivity contribution < 1.29 is 28.8 Å². The van der Waals surface area contributed by atoms with Crippen LogP contribution in [0.3, 0.4) is 0 Å². The Kier molecular flexibility index (Phi) is 5.15. The number of carbonyl (C=O) groups excluding carboxylic acids is 1. The third-order valence-electron chi connectivity index (χ3n) is 5.67. The first kappa shape index (κ1) is 18.7. The van der Waals surface area contributed by atoms with E-state index in [1.165, 1.54) is 17.0 Å². The lowest BCUT2D eigenvalue weighted by Gasteiger charge is -2.29. The van der Waals surface area contributed by atoms with Crippen LogP contribution in [0.5, 0.6) is 11.5 Å². The standard InChI is InChI=1S/C22H23FN2O3/c1-2-24-9-11-25(12-10-24)14-18-19(26)8-7-17-21(27)20(28-22(17)18)13-15-3-5-16(23)6-4-15/h3-8,13,26H,2,9-12,14H2,1H3/p+2/b20-13-. The van der Waals surface area contributed by atoms with Gasteiger partial charge in [0.25, 0.3) is 0 Å². The van der Waals surface area contributed by atoms with Gasteiger partial charge in [0.15, 0.2) is 11.5 Å². The topological polar surface area (TPSA) is 55.4 Å². The summed E-state index contributed by atoms with van der Waals surface area (Å²) in [6.45, 7) is 8.23. The molecule has 0 saturated carbocycles. The van der Waals surface area contributed by atoms with Crippen molar-refractivity contribution in [3.63, 3.8) is 0 Å². The van der Waals surface area contributed by atoms with Crippen LogP contribution in [0.1, 0.15) is 28.4 Å². The van der Waals surface area contributed by atoms with Crippen molar-refractivity contribution in [1.29, 1.82) is 0 Å². The van der Waals surface area contributed by atoms with E-state index in [1.54, 1.807) is 35.2 Å². The SMILES string of the molecule is CC[NH+]1CC[NH+](Cc2c(O)ccc3c2O/C(=C\c2ccc(F)cc2)C3=O)CC1. The number of ketones is 1. The number of fused-ring (bicyclic) bond motifs is 1. The van der Waals surface area contributed by atoms with Crippen LogP contribution in [0.4, 0.5) is 4.39 Å². The molecule has 6 heteroatoms. The second kappa shape index (κ2) is 7.73. The lowest BCUT2D eigenvalue weighted by Crippen LogP contribution is -3.27. The van der Waals surface area contributed by atoms with Crippen molar-refractivity contribution in [2.75, 3.05) is 32.7 Å². The number of rotatable bonds is 4. The number of piperazine rings is 1. The summed E-state index contributed by atoms with van der Waals surface area (Å²) >= 11 is 0. The first-order chi connectivity index (χ1) is 13.5. The number of Topliss-reactive ketones (excluding diaryl/α,β-unsaturated/α-hetero) is 1. The van der Waals surface area contributed by atoms with Crippen molar-refractivity contribution in [3.8, 4) is 11.5 Å². The van der Waals surface area contributed by atoms with Gasteiger partial charge in [0.2, 0.25) is 5.78 Å². The fraction of sp³-hybridized carbons (Fsp3) is 0.318. The molecule has 0 unspecified atom stereocenters. The van der Waals surface area contributed by atoms with Crippen molar-refractivity contribution >= 4 is 11.9 Å². The van der Waals surface area contributed by atoms with Crippen LogP contribution in [-0.4, -0.2) is 43.6 Å². The summed E-state index contributed by atoms with van der Waals surface area (Å²) in [5.74, 6) is 0.271. The van der Waals surface area contributed by atoms with Gasteiger partial charge in [-0.3, -0.25) is 4.79 Å². The zero-order valence-corrected chi connectivity index (χ0v) is 15.9. The molecule has 3 N–H and O–H groups in total. The van der Waals surface area contributed by atoms with Gasteiger partial charge in [-0.05, 0) is 42.8 Å². The van der Waals surface area contributed by atoms with Gasteiger partial charge >= 0.3 is 0 Å². The van der Waals surface area contributed by atoms with Gasteiger partial charge in [-0.2, -0.15) is 0 Å². The highest BCUT2D eigenvalue weighted by Crippen LogP contribution is 2.39. The normalized spacial score (nSPS) is 22.9. The van der Waals surface area contributed by atoms with E-state index in [1.807, 2.05) is 0 Å². The number of carbonyl (C=O) groups is 1. The predicted octanol–water partition coefficient (Wildman–Crippen LogP) is 0.451. The molecule has 0 radical (unpaired) electrons. The fourth-order valence-electron chi connectivity index (χ4n) is 3.92. The Bertz CT molecular complexity index is 916. The number of hydrogen-bond acceptors (Lipinski definition) is 3. The Balaban J connectivity index is 1.58. The first-order valence-corrected chi connectivity index (χ1v) is 9.77. The summed E-state index contributed by atoms with van der Waals surface area (Å²) in [5.41, 5.74) is 1.84. The number of nitrogens with one attached hydrogen (secondary N) is 2. The maximum atomic E-state index is 13.1. The van der Waals surface area contributed by atoms with Gasteiger partial charge in [-0.25, -0.2) is 4.39 Å². The van der Waals surface area contributed by atoms with Gasteiger partial charge in [0.1, 0.15) is 44.3 Å². The number of likely N-dealkylation sites (N-methyl/N-ethyl adjacent to an activating group) is 1. The minimum absolute atomic E-state index is 0.160. The molecule has 0 bridgehead atoms. The number of halogens is 1. The second-order valence-electron chi connectivity index (χ2n) is 7.46. The maximum absolute atomic E-state index is 13.1. The predicted molar refractivity (Wildman–Crippen MR) is 103 cm³/mol. The Morgan fingerprint density at radius 3 is 2.43 bits per heavy atom. The summed E-state index contributed by atoms with van der Waals surface area (Å²) in [4.78, 5) is 15.7. The molecular weight excluding hydrogens is 359 g/mol. The lowest BCUT2D eigenvalue weighted by atomic mass is 10.0. The van der Waals surface area contributed by atoms with Crippen LogP contribution in [-0.2, 0) is 6.54 Å². The number of ether oxygens (including phenoxy) is 1. The largest absolute Gasteiger partial charge is 0.507 e. The Labute approximate surface area is 163 Å². The third-order valence-corrected chi connectivity index (χ3v) is 5.67. The molecule has 146 valence electrons. The Morgan fingerprint density at radius 2 is 1.75 bits per heavy atom. The maximum Gasteiger partial charge on any atom is 0.231 e. The smallest absolute Gasteiger partial charge is 0.231 e. The van der Waals surface area contributed by atoms with E-state index in [4.69, 9.17) is 4.74 Å². The van der Waals surface area contributed by atoms with Crippen LogP contribution in [0, 0.1) is 5.82 Å². The molecule has 2 aliphatic heterocycles. The molecule has 2 aromatic carbocycles. The molecule has 0 spiro atoms. The van der Waals surface area contributed by atoms with Crippen LogP contribution >= 0.6 is 0 Å². The number of phenols is 1. The van der Waals surface area contributed by atoms with E-state index < -0.39 is 0 Å². The molecule has 0 atom stereocenters. The minimum atomic E-state index is -0.329. The van der Waals surface area contributed by atoms with Gasteiger partial charge in [0.05, 0.1) is 17.7 Å². The van der Waals surface area contributed by atoms with E-state index in [-0.39, 0.29) is 23.1 Å². The fourth-order valence-corrected chi connectivity index (χ4v) is 3.92. The summed E-state index contributed by atoms with van der Waals surface area (Å²) in [6.07, 6.45) is 1.61. The zero-order chi connectivity index (χ0) is 19.7.